The lowest BCUT2D eigenvalue weighted by Crippen LogP contribution is -2.38. The maximum atomic E-state index is 13.1. The molecule has 2 rings (SSSR count). The van der Waals surface area contributed by atoms with Gasteiger partial charge in [0.1, 0.15) is 5.82 Å². The first-order chi connectivity index (χ1) is 6.99. The SMILES string of the molecule is CC1(C)CC(N)CN1c1cccc(F)c1. The van der Waals surface area contributed by atoms with Gasteiger partial charge in [-0.3, -0.25) is 0 Å². The summed E-state index contributed by atoms with van der Waals surface area (Å²) in [4.78, 5) is 2.18. The molecule has 1 aromatic carbocycles. The fourth-order valence-corrected chi connectivity index (χ4v) is 2.40. The summed E-state index contributed by atoms with van der Waals surface area (Å²) in [5.74, 6) is -0.191. The first-order valence-corrected chi connectivity index (χ1v) is 5.28. The van der Waals surface area contributed by atoms with Crippen LogP contribution in [0.5, 0.6) is 0 Å². The highest BCUT2D eigenvalue weighted by molar-refractivity contribution is 5.50. The molecule has 15 heavy (non-hydrogen) atoms. The van der Waals surface area contributed by atoms with E-state index in [-0.39, 0.29) is 17.4 Å². The Kier molecular flexibility index (Phi) is 2.43. The molecule has 0 aliphatic carbocycles. The Morgan fingerprint density at radius 2 is 2.20 bits per heavy atom. The average molecular weight is 208 g/mol. The molecule has 1 unspecified atom stereocenters. The van der Waals surface area contributed by atoms with E-state index in [1.807, 2.05) is 6.07 Å². The van der Waals surface area contributed by atoms with Crippen molar-refractivity contribution in [2.45, 2.75) is 31.8 Å². The first kappa shape index (κ1) is 10.4. The molecule has 1 atom stereocenters. The highest BCUT2D eigenvalue weighted by Gasteiger charge is 2.36. The van der Waals surface area contributed by atoms with E-state index >= 15 is 0 Å². The van der Waals surface area contributed by atoms with Gasteiger partial charge < -0.3 is 10.6 Å². The monoisotopic (exact) mass is 208 g/mol. The van der Waals surface area contributed by atoms with Crippen LogP contribution < -0.4 is 10.6 Å². The summed E-state index contributed by atoms with van der Waals surface area (Å²) in [5, 5.41) is 0. The van der Waals surface area contributed by atoms with Gasteiger partial charge in [0, 0.05) is 23.8 Å². The Hall–Kier alpha value is -1.09. The number of nitrogens with two attached hydrogens (primary N) is 1. The Morgan fingerprint density at radius 1 is 1.47 bits per heavy atom. The molecule has 1 saturated heterocycles. The maximum Gasteiger partial charge on any atom is 0.125 e. The number of anilines is 1. The molecule has 2 nitrogen and oxygen atoms in total. The van der Waals surface area contributed by atoms with Crippen LogP contribution in [0.15, 0.2) is 24.3 Å². The zero-order chi connectivity index (χ0) is 11.1. The van der Waals surface area contributed by atoms with Gasteiger partial charge >= 0.3 is 0 Å². The zero-order valence-electron chi connectivity index (χ0n) is 9.20. The highest BCUT2D eigenvalue weighted by atomic mass is 19.1. The van der Waals surface area contributed by atoms with Crippen molar-refractivity contribution in [3.8, 4) is 0 Å². The summed E-state index contributed by atoms with van der Waals surface area (Å²) in [7, 11) is 0. The van der Waals surface area contributed by atoms with Crippen LogP contribution in [0.3, 0.4) is 0 Å². The van der Waals surface area contributed by atoms with Gasteiger partial charge in [0.05, 0.1) is 0 Å². The minimum Gasteiger partial charge on any atom is -0.365 e. The van der Waals surface area contributed by atoms with Gasteiger partial charge in [-0.15, -0.1) is 0 Å². The van der Waals surface area contributed by atoms with Crippen molar-refractivity contribution < 1.29 is 4.39 Å². The first-order valence-electron chi connectivity index (χ1n) is 5.28. The molecule has 0 bridgehead atoms. The summed E-state index contributed by atoms with van der Waals surface area (Å²) in [6.07, 6.45) is 0.948. The van der Waals surface area contributed by atoms with Crippen molar-refractivity contribution in [3.63, 3.8) is 0 Å². The standard InChI is InChI=1S/C12H17FN2/c1-12(2)7-10(14)8-15(12)11-5-3-4-9(13)6-11/h3-6,10H,7-8,14H2,1-2H3. The summed E-state index contributed by atoms with van der Waals surface area (Å²) >= 11 is 0. The van der Waals surface area contributed by atoms with E-state index in [9.17, 15) is 4.39 Å². The lowest BCUT2D eigenvalue weighted by atomic mass is 10.00. The second kappa shape index (κ2) is 3.49. The van der Waals surface area contributed by atoms with Crippen LogP contribution in [0.25, 0.3) is 0 Å². The van der Waals surface area contributed by atoms with Crippen molar-refractivity contribution in [2.24, 2.45) is 5.73 Å². The molecule has 82 valence electrons. The fraction of sp³-hybridized carbons (Fsp3) is 0.500. The molecule has 0 spiro atoms. The third-order valence-electron chi connectivity index (χ3n) is 3.03. The van der Waals surface area contributed by atoms with Crippen LogP contribution in [0.4, 0.5) is 10.1 Å². The molecule has 0 saturated carbocycles. The molecule has 1 aliphatic heterocycles. The third-order valence-corrected chi connectivity index (χ3v) is 3.03. The predicted molar refractivity (Wildman–Crippen MR) is 60.4 cm³/mol. The lowest BCUT2D eigenvalue weighted by molar-refractivity contribution is 0.505. The van der Waals surface area contributed by atoms with Gasteiger partial charge in [-0.05, 0) is 38.5 Å². The highest BCUT2D eigenvalue weighted by Crippen LogP contribution is 2.33. The number of hydrogen-bond donors (Lipinski definition) is 1. The van der Waals surface area contributed by atoms with E-state index in [0.717, 1.165) is 18.7 Å². The van der Waals surface area contributed by atoms with E-state index < -0.39 is 0 Å². The largest absolute Gasteiger partial charge is 0.365 e. The number of hydrogen-bond acceptors (Lipinski definition) is 2. The van der Waals surface area contributed by atoms with Crippen LogP contribution in [-0.4, -0.2) is 18.1 Å². The topological polar surface area (TPSA) is 29.3 Å². The smallest absolute Gasteiger partial charge is 0.125 e. The zero-order valence-corrected chi connectivity index (χ0v) is 9.20. The molecule has 1 aromatic rings. The number of benzene rings is 1. The second-order valence-corrected chi connectivity index (χ2v) is 4.87. The molecule has 0 amide bonds. The number of nitrogens with zero attached hydrogens (tertiary/aromatic N) is 1. The fourth-order valence-electron chi connectivity index (χ4n) is 2.40. The van der Waals surface area contributed by atoms with Crippen molar-refractivity contribution in [1.29, 1.82) is 0 Å². The van der Waals surface area contributed by atoms with Crippen molar-refractivity contribution in [3.05, 3.63) is 30.1 Å². The molecule has 3 heteroatoms. The van der Waals surface area contributed by atoms with Crippen LogP contribution in [0, 0.1) is 5.82 Å². The Bertz CT molecular complexity index is 362. The lowest BCUT2D eigenvalue weighted by Gasteiger charge is -2.33. The average Bonchev–Trinajstić information content (AvgIpc) is 2.39. The van der Waals surface area contributed by atoms with Crippen molar-refractivity contribution in [1.82, 2.24) is 0 Å². The van der Waals surface area contributed by atoms with E-state index in [1.165, 1.54) is 6.07 Å². The Balaban J connectivity index is 2.31. The van der Waals surface area contributed by atoms with E-state index in [2.05, 4.69) is 18.7 Å². The molecule has 1 heterocycles. The molecule has 1 aliphatic rings. The molecule has 0 aromatic heterocycles. The Labute approximate surface area is 89.9 Å². The normalized spacial score (nSPS) is 24.5. The van der Waals surface area contributed by atoms with Crippen LogP contribution >= 0.6 is 0 Å². The van der Waals surface area contributed by atoms with Gasteiger partial charge in [0.25, 0.3) is 0 Å². The number of rotatable bonds is 1. The van der Waals surface area contributed by atoms with E-state index in [0.29, 0.717) is 0 Å². The van der Waals surface area contributed by atoms with Gasteiger partial charge in [0.15, 0.2) is 0 Å². The van der Waals surface area contributed by atoms with Crippen LogP contribution in [0.1, 0.15) is 20.3 Å². The Morgan fingerprint density at radius 3 is 2.73 bits per heavy atom. The van der Waals surface area contributed by atoms with Gasteiger partial charge in [-0.2, -0.15) is 0 Å². The summed E-state index contributed by atoms with van der Waals surface area (Å²) < 4.78 is 13.1. The minimum absolute atomic E-state index is 0.0210. The van der Waals surface area contributed by atoms with E-state index in [1.54, 1.807) is 12.1 Å². The second-order valence-electron chi connectivity index (χ2n) is 4.87. The molecule has 1 fully saturated rings. The molecular weight excluding hydrogens is 191 g/mol. The summed E-state index contributed by atoms with van der Waals surface area (Å²) in [6, 6.07) is 6.89. The van der Waals surface area contributed by atoms with Crippen LogP contribution in [0.2, 0.25) is 0 Å². The minimum atomic E-state index is -0.191. The molecular formula is C12H17FN2. The summed E-state index contributed by atoms with van der Waals surface area (Å²) in [6.45, 7) is 5.09. The molecule has 2 N–H and O–H groups in total. The molecule has 0 radical (unpaired) electrons. The van der Waals surface area contributed by atoms with Crippen LogP contribution in [-0.2, 0) is 0 Å². The third kappa shape index (κ3) is 1.97. The van der Waals surface area contributed by atoms with Gasteiger partial charge in [-0.25, -0.2) is 4.39 Å². The summed E-state index contributed by atoms with van der Waals surface area (Å²) in [5.41, 5.74) is 6.89. The predicted octanol–water partition coefficient (Wildman–Crippen LogP) is 2.14. The van der Waals surface area contributed by atoms with Gasteiger partial charge in [-0.1, -0.05) is 6.07 Å². The van der Waals surface area contributed by atoms with Crippen molar-refractivity contribution in [2.75, 3.05) is 11.4 Å². The van der Waals surface area contributed by atoms with E-state index in [4.69, 9.17) is 5.73 Å². The number of halogens is 1. The van der Waals surface area contributed by atoms with Gasteiger partial charge in [0.2, 0.25) is 0 Å². The quantitative estimate of drug-likeness (QED) is 0.766. The maximum absolute atomic E-state index is 13.1. The van der Waals surface area contributed by atoms with Crippen molar-refractivity contribution >= 4 is 5.69 Å².